The van der Waals surface area contributed by atoms with Gasteiger partial charge in [0.1, 0.15) is 24.3 Å². The fourth-order valence-corrected chi connectivity index (χ4v) is 6.06. The van der Waals surface area contributed by atoms with Gasteiger partial charge in [-0.3, -0.25) is 0 Å². The minimum absolute atomic E-state index is 0. The van der Waals surface area contributed by atoms with Crippen molar-refractivity contribution >= 4 is 0 Å². The molecule has 0 spiro atoms. The molecule has 0 unspecified atom stereocenters. The smallest absolute Gasteiger partial charge is 0.128 e. The number of aliphatic hydroxyl groups is 2. The molecule has 0 saturated heterocycles. The van der Waals surface area contributed by atoms with E-state index in [1.165, 1.54) is 0 Å². The number of likely N-dealkylation sites (N-methyl/N-ethyl adjacent to an activating group) is 2. The number of quaternary nitrogens is 2. The van der Waals surface area contributed by atoms with Gasteiger partial charge in [-0.25, -0.2) is 0 Å². The Balaban J connectivity index is 0.00000337. The highest BCUT2D eigenvalue weighted by Crippen LogP contribution is 2.35. The summed E-state index contributed by atoms with van der Waals surface area (Å²) in [7, 11) is 9.20. The first kappa shape index (κ1) is 38.4. The molecule has 0 amide bonds. The van der Waals surface area contributed by atoms with Crippen molar-refractivity contribution in [2.45, 2.75) is 36.9 Å². The van der Waals surface area contributed by atoms with E-state index in [4.69, 9.17) is 0 Å². The lowest BCUT2D eigenvalue weighted by molar-refractivity contribution is -0.946. The molecule has 2 N–H and O–H groups in total. The number of rotatable bonds is 15. The Morgan fingerprint density at radius 3 is 0.864 bits per heavy atom. The zero-order valence-corrected chi connectivity index (χ0v) is 31.1. The van der Waals surface area contributed by atoms with Crippen molar-refractivity contribution in [2.75, 3.05) is 54.4 Å². The van der Waals surface area contributed by atoms with E-state index >= 15 is 0 Å². The molecule has 4 aromatic carbocycles. The summed E-state index contributed by atoms with van der Waals surface area (Å²) in [6.45, 7) is 4.07. The van der Waals surface area contributed by atoms with Crippen molar-refractivity contribution in [3.8, 4) is 0 Å². The topological polar surface area (TPSA) is 40.5 Å². The molecule has 4 rings (SSSR count). The number of benzene rings is 4. The molecular weight excluding hydrogens is 770 g/mol. The summed E-state index contributed by atoms with van der Waals surface area (Å²) < 4.78 is 1.80. The lowest BCUT2D eigenvalue weighted by atomic mass is 9.82. The highest BCUT2D eigenvalue weighted by molar-refractivity contribution is 5.36. The van der Waals surface area contributed by atoms with Gasteiger partial charge in [0, 0.05) is 0 Å². The Bertz CT molecular complexity index is 1170. The monoisotopic (exact) mass is 820 g/mol. The average molecular weight is 821 g/mol. The molecular formula is C38H50I2N2O2. The fourth-order valence-electron chi connectivity index (χ4n) is 6.06. The number of hydrogen-bond donors (Lipinski definition) is 2. The van der Waals surface area contributed by atoms with E-state index < -0.39 is 11.2 Å². The maximum Gasteiger partial charge on any atom is 0.128 e. The Kier molecular flexibility index (Phi) is 15.0. The molecule has 4 aromatic rings. The molecule has 0 aliphatic rings. The molecule has 238 valence electrons. The van der Waals surface area contributed by atoms with Gasteiger partial charge in [0.25, 0.3) is 0 Å². The zero-order valence-electron chi connectivity index (χ0n) is 26.7. The summed E-state index contributed by atoms with van der Waals surface area (Å²) in [5.41, 5.74) is 1.81. The van der Waals surface area contributed by atoms with E-state index in [1.54, 1.807) is 0 Å². The lowest BCUT2D eigenvalue weighted by Gasteiger charge is -2.37. The first-order valence-corrected chi connectivity index (χ1v) is 15.4. The molecule has 0 aliphatic carbocycles. The van der Waals surface area contributed by atoms with Crippen molar-refractivity contribution in [1.29, 1.82) is 0 Å². The predicted octanol–water partition coefficient (Wildman–Crippen LogP) is 0.580. The summed E-state index contributed by atoms with van der Waals surface area (Å²) in [4.78, 5) is 0. The van der Waals surface area contributed by atoms with Gasteiger partial charge in [0.15, 0.2) is 0 Å². The first-order valence-electron chi connectivity index (χ1n) is 15.4. The van der Waals surface area contributed by atoms with E-state index in [2.05, 4.69) is 28.2 Å². The van der Waals surface area contributed by atoms with Crippen LogP contribution in [0.1, 0.15) is 47.9 Å². The van der Waals surface area contributed by atoms with Crippen LogP contribution < -0.4 is 48.0 Å². The summed E-state index contributed by atoms with van der Waals surface area (Å²) in [5.74, 6) is 0. The van der Waals surface area contributed by atoms with Gasteiger partial charge < -0.3 is 67.1 Å². The van der Waals surface area contributed by atoms with E-state index in [9.17, 15) is 10.2 Å². The molecule has 6 heteroatoms. The van der Waals surface area contributed by atoms with Crippen molar-refractivity contribution in [3.63, 3.8) is 0 Å². The van der Waals surface area contributed by atoms with Crippen LogP contribution in [0.25, 0.3) is 0 Å². The molecule has 0 fully saturated rings. The number of nitrogens with zero attached hydrogens (tertiary/aromatic N) is 2. The van der Waals surface area contributed by atoms with Gasteiger partial charge in [-0.15, -0.1) is 0 Å². The Labute approximate surface area is 300 Å². The van der Waals surface area contributed by atoms with Crippen LogP contribution in [0, 0.1) is 0 Å². The third kappa shape index (κ3) is 10.4. The molecule has 0 radical (unpaired) electrons. The molecule has 0 atom stereocenters. The molecule has 0 heterocycles. The number of hydrogen-bond acceptors (Lipinski definition) is 2. The largest absolute Gasteiger partial charge is 1.00 e. The lowest BCUT2D eigenvalue weighted by Crippen LogP contribution is -3.00. The van der Waals surface area contributed by atoms with Crippen LogP contribution in [-0.4, -0.2) is 73.5 Å². The maximum absolute atomic E-state index is 11.9. The minimum atomic E-state index is -0.994. The SMILES string of the molecule is C[N+](C)(CCCC(O)(c1ccccc1)c1ccccc1)CC[N+](C)(C)CCCC(O)(c1ccccc1)c1ccccc1.[I-].[I-]. The minimum Gasteiger partial charge on any atom is -1.00 e. The van der Waals surface area contributed by atoms with Crippen LogP contribution >= 0.6 is 0 Å². The summed E-state index contributed by atoms with van der Waals surface area (Å²) >= 11 is 0. The van der Waals surface area contributed by atoms with E-state index in [-0.39, 0.29) is 48.0 Å². The van der Waals surface area contributed by atoms with Crippen molar-refractivity contribution in [1.82, 2.24) is 0 Å². The molecule has 0 aliphatic heterocycles. The second kappa shape index (κ2) is 17.2. The average Bonchev–Trinajstić information content (AvgIpc) is 3.01. The molecule has 0 bridgehead atoms. The Hall–Kier alpha value is -1.82. The standard InChI is InChI=1S/C38H50N2O2.2HI/c1-39(2,29-17-27-37(41,33-19-9-5-10-20-33)34-21-11-6-12-22-34)31-32-40(3,4)30-18-28-38(42,35-23-13-7-14-24-35)36-25-15-8-16-26-36;;/h5-16,19-26,41-42H,17-18,27-32H2,1-4H3;2*1H/q+2;;/p-2. The maximum atomic E-state index is 11.9. The van der Waals surface area contributed by atoms with Crippen LogP contribution in [0.3, 0.4) is 0 Å². The second-order valence-corrected chi connectivity index (χ2v) is 13.2. The Morgan fingerprint density at radius 1 is 0.409 bits per heavy atom. The van der Waals surface area contributed by atoms with Crippen LogP contribution in [-0.2, 0) is 11.2 Å². The van der Waals surface area contributed by atoms with Crippen molar-refractivity contribution in [2.24, 2.45) is 0 Å². The van der Waals surface area contributed by atoms with E-state index in [1.807, 2.05) is 121 Å². The van der Waals surface area contributed by atoms with Gasteiger partial charge in [-0.05, 0) is 47.9 Å². The number of halogens is 2. The highest BCUT2D eigenvalue weighted by Gasteiger charge is 2.34. The predicted molar refractivity (Wildman–Crippen MR) is 174 cm³/mol. The van der Waals surface area contributed by atoms with Crippen LogP contribution in [0.4, 0.5) is 0 Å². The van der Waals surface area contributed by atoms with Gasteiger partial charge in [-0.2, -0.15) is 0 Å². The van der Waals surface area contributed by atoms with E-state index in [0.717, 1.165) is 70.2 Å². The van der Waals surface area contributed by atoms with E-state index in [0.29, 0.717) is 12.8 Å². The van der Waals surface area contributed by atoms with Gasteiger partial charge in [0.2, 0.25) is 0 Å². The summed E-state index contributed by atoms with van der Waals surface area (Å²) in [6, 6.07) is 40.3. The van der Waals surface area contributed by atoms with Crippen LogP contribution in [0.2, 0.25) is 0 Å². The van der Waals surface area contributed by atoms with Crippen molar-refractivity contribution in [3.05, 3.63) is 144 Å². The summed E-state index contributed by atoms with van der Waals surface area (Å²) in [5, 5.41) is 23.8. The third-order valence-corrected chi connectivity index (χ3v) is 8.92. The fraction of sp³-hybridized carbons (Fsp3) is 0.368. The molecule has 0 aromatic heterocycles. The van der Waals surface area contributed by atoms with Crippen molar-refractivity contribution < 1.29 is 67.1 Å². The molecule has 44 heavy (non-hydrogen) atoms. The third-order valence-electron chi connectivity index (χ3n) is 8.92. The van der Waals surface area contributed by atoms with Gasteiger partial charge >= 0.3 is 0 Å². The normalized spacial score (nSPS) is 12.2. The zero-order chi connectivity index (χ0) is 30.1. The van der Waals surface area contributed by atoms with Gasteiger partial charge in [0.05, 0.1) is 41.3 Å². The van der Waals surface area contributed by atoms with Gasteiger partial charge in [-0.1, -0.05) is 121 Å². The molecule has 0 saturated carbocycles. The Morgan fingerprint density at radius 2 is 0.636 bits per heavy atom. The van der Waals surface area contributed by atoms with Crippen LogP contribution in [0.15, 0.2) is 121 Å². The van der Waals surface area contributed by atoms with Crippen LogP contribution in [0.5, 0.6) is 0 Å². The highest BCUT2D eigenvalue weighted by atomic mass is 127. The quantitative estimate of drug-likeness (QED) is 0.136. The molecule has 4 nitrogen and oxygen atoms in total. The second-order valence-electron chi connectivity index (χ2n) is 13.2. The summed E-state index contributed by atoms with van der Waals surface area (Å²) in [6.07, 6.45) is 3.20. The first-order chi connectivity index (χ1) is 20.0.